The minimum Gasteiger partial charge on any atom is -0.475 e. The second-order valence-electron chi connectivity index (χ2n) is 7.37. The first-order chi connectivity index (χ1) is 16.1. The van der Waals surface area contributed by atoms with Crippen molar-refractivity contribution in [1.82, 2.24) is 4.98 Å². The Hall–Kier alpha value is -4.27. The number of alkyl halides is 3. The van der Waals surface area contributed by atoms with Crippen molar-refractivity contribution in [2.24, 2.45) is 0 Å². The van der Waals surface area contributed by atoms with Gasteiger partial charge in [0.1, 0.15) is 0 Å². The molecule has 0 atom stereocenters. The molecular formula is C25H22F3N3O3. The van der Waals surface area contributed by atoms with Gasteiger partial charge in [0.25, 0.3) is 0 Å². The van der Waals surface area contributed by atoms with Crippen LogP contribution in [0.4, 0.5) is 30.2 Å². The van der Waals surface area contributed by atoms with Gasteiger partial charge in [-0.3, -0.25) is 4.79 Å². The molecule has 0 fully saturated rings. The molecule has 0 unspecified atom stereocenters. The number of carboxylic acid groups (broad SMARTS) is 1. The number of carboxylic acids is 1. The van der Waals surface area contributed by atoms with Crippen LogP contribution in [0.25, 0.3) is 10.9 Å². The number of carbonyl (C=O) groups excluding carboxylic acids is 1. The molecule has 9 heteroatoms. The molecule has 1 heterocycles. The number of aryl methyl sites for hydroxylation is 1. The standard InChI is InChI=1S/C23H21N3O.C2HF3O2/c1-16-21(20-9-5-6-10-22(20)24-16)15-23(27)26-19-13-11-18(12-14-19)25-17-7-3-2-4-8-17;3-2(4,5)1(6)7/h2-14,24-25H,15H2,1H3,(H,26,27);(H,6,7). The average Bonchev–Trinajstić information content (AvgIpc) is 3.10. The zero-order valence-electron chi connectivity index (χ0n) is 18.1. The maximum atomic E-state index is 12.5. The average molecular weight is 469 g/mol. The van der Waals surface area contributed by atoms with E-state index in [0.29, 0.717) is 6.42 Å². The van der Waals surface area contributed by atoms with Gasteiger partial charge in [-0.15, -0.1) is 0 Å². The van der Waals surface area contributed by atoms with Crippen LogP contribution in [0.5, 0.6) is 0 Å². The number of halogens is 3. The van der Waals surface area contributed by atoms with Crippen LogP contribution >= 0.6 is 0 Å². The van der Waals surface area contributed by atoms with Crippen LogP contribution in [-0.2, 0) is 16.0 Å². The molecule has 0 aliphatic rings. The smallest absolute Gasteiger partial charge is 0.475 e. The minimum absolute atomic E-state index is 0.0216. The molecule has 1 amide bonds. The van der Waals surface area contributed by atoms with Crippen LogP contribution in [0.1, 0.15) is 11.3 Å². The number of fused-ring (bicyclic) bond motifs is 1. The Kier molecular flexibility index (Phi) is 7.57. The lowest BCUT2D eigenvalue weighted by molar-refractivity contribution is -0.192. The number of benzene rings is 3. The van der Waals surface area contributed by atoms with Gasteiger partial charge in [0.05, 0.1) is 6.42 Å². The fourth-order valence-corrected chi connectivity index (χ4v) is 3.25. The first-order valence-corrected chi connectivity index (χ1v) is 10.2. The third-order valence-electron chi connectivity index (χ3n) is 4.84. The molecule has 6 nitrogen and oxygen atoms in total. The summed E-state index contributed by atoms with van der Waals surface area (Å²) in [7, 11) is 0. The van der Waals surface area contributed by atoms with E-state index in [1.165, 1.54) is 0 Å². The fourth-order valence-electron chi connectivity index (χ4n) is 3.25. The van der Waals surface area contributed by atoms with Crippen LogP contribution in [-0.4, -0.2) is 28.1 Å². The van der Waals surface area contributed by atoms with E-state index in [1.54, 1.807) is 0 Å². The van der Waals surface area contributed by atoms with E-state index in [-0.39, 0.29) is 5.91 Å². The normalized spacial score (nSPS) is 10.8. The van der Waals surface area contributed by atoms with E-state index in [1.807, 2.05) is 85.8 Å². The van der Waals surface area contributed by atoms with Crippen molar-refractivity contribution in [2.75, 3.05) is 10.6 Å². The van der Waals surface area contributed by atoms with Crippen molar-refractivity contribution in [3.63, 3.8) is 0 Å². The number of anilines is 3. The lowest BCUT2D eigenvalue weighted by Crippen LogP contribution is -2.21. The van der Waals surface area contributed by atoms with Crippen molar-refractivity contribution >= 4 is 39.8 Å². The van der Waals surface area contributed by atoms with Gasteiger partial charge in [-0.2, -0.15) is 13.2 Å². The first kappa shape index (κ1) is 24.4. The summed E-state index contributed by atoms with van der Waals surface area (Å²) in [5, 5.41) is 14.5. The number of carbonyl (C=O) groups is 2. The van der Waals surface area contributed by atoms with Crippen LogP contribution in [0, 0.1) is 6.92 Å². The Morgan fingerprint density at radius 3 is 2.00 bits per heavy atom. The van der Waals surface area contributed by atoms with E-state index in [4.69, 9.17) is 9.90 Å². The summed E-state index contributed by atoms with van der Waals surface area (Å²) < 4.78 is 31.7. The SMILES string of the molecule is Cc1[nH]c2ccccc2c1CC(=O)Nc1ccc(Nc2ccccc2)cc1.O=C(O)C(F)(F)F. The highest BCUT2D eigenvalue weighted by atomic mass is 19.4. The van der Waals surface area contributed by atoms with Crippen LogP contribution < -0.4 is 10.6 Å². The lowest BCUT2D eigenvalue weighted by atomic mass is 10.1. The summed E-state index contributed by atoms with van der Waals surface area (Å²) in [5.74, 6) is -2.78. The number of para-hydroxylation sites is 2. The van der Waals surface area contributed by atoms with E-state index >= 15 is 0 Å². The quantitative estimate of drug-likeness (QED) is 0.287. The van der Waals surface area contributed by atoms with Crippen molar-refractivity contribution in [3.8, 4) is 0 Å². The fraction of sp³-hybridized carbons (Fsp3) is 0.120. The maximum Gasteiger partial charge on any atom is 0.490 e. The molecule has 4 rings (SSSR count). The molecule has 0 bridgehead atoms. The minimum atomic E-state index is -5.08. The first-order valence-electron chi connectivity index (χ1n) is 10.2. The third kappa shape index (κ3) is 6.61. The predicted molar refractivity (Wildman–Crippen MR) is 125 cm³/mol. The molecule has 0 saturated carbocycles. The Bertz CT molecular complexity index is 1270. The van der Waals surface area contributed by atoms with Crippen molar-refractivity contribution in [1.29, 1.82) is 0 Å². The molecule has 0 saturated heterocycles. The zero-order chi connectivity index (χ0) is 24.7. The number of aliphatic carboxylic acids is 1. The second kappa shape index (κ2) is 10.6. The van der Waals surface area contributed by atoms with Gasteiger partial charge >= 0.3 is 12.1 Å². The molecule has 176 valence electrons. The van der Waals surface area contributed by atoms with Gasteiger partial charge in [-0.1, -0.05) is 36.4 Å². The monoisotopic (exact) mass is 469 g/mol. The molecule has 1 aromatic heterocycles. The molecule has 0 radical (unpaired) electrons. The summed E-state index contributed by atoms with van der Waals surface area (Å²) in [5.41, 5.74) is 5.94. The van der Waals surface area contributed by atoms with Gasteiger partial charge in [-0.05, 0) is 55.0 Å². The molecule has 4 aromatic rings. The molecule has 0 spiro atoms. The summed E-state index contributed by atoms with van der Waals surface area (Å²) in [6.45, 7) is 2.01. The Balaban J connectivity index is 0.000000406. The maximum absolute atomic E-state index is 12.5. The highest BCUT2D eigenvalue weighted by Gasteiger charge is 2.38. The Morgan fingerprint density at radius 2 is 1.38 bits per heavy atom. The number of rotatable bonds is 5. The van der Waals surface area contributed by atoms with Gasteiger partial charge in [-0.25, -0.2) is 4.79 Å². The molecule has 0 aliphatic heterocycles. The summed E-state index contributed by atoms with van der Waals surface area (Å²) in [6, 6.07) is 25.8. The van der Waals surface area contributed by atoms with Gasteiger partial charge in [0.2, 0.25) is 5.91 Å². The largest absolute Gasteiger partial charge is 0.490 e. The highest BCUT2D eigenvalue weighted by Crippen LogP contribution is 2.23. The number of amides is 1. The molecule has 4 N–H and O–H groups in total. The van der Waals surface area contributed by atoms with Crippen LogP contribution in [0.3, 0.4) is 0 Å². The molecule has 3 aromatic carbocycles. The molecular weight excluding hydrogens is 447 g/mol. The molecule has 34 heavy (non-hydrogen) atoms. The van der Waals surface area contributed by atoms with Crippen LogP contribution in [0.15, 0.2) is 78.9 Å². The number of hydrogen-bond donors (Lipinski definition) is 4. The number of aromatic nitrogens is 1. The Labute approximate surface area is 193 Å². The van der Waals surface area contributed by atoms with Crippen molar-refractivity contribution < 1.29 is 27.9 Å². The van der Waals surface area contributed by atoms with E-state index in [0.717, 1.165) is 39.2 Å². The van der Waals surface area contributed by atoms with Crippen molar-refractivity contribution in [3.05, 3.63) is 90.1 Å². The van der Waals surface area contributed by atoms with E-state index < -0.39 is 12.1 Å². The van der Waals surface area contributed by atoms with Gasteiger partial charge in [0, 0.05) is 33.7 Å². The highest BCUT2D eigenvalue weighted by molar-refractivity contribution is 5.96. The second-order valence-corrected chi connectivity index (χ2v) is 7.37. The summed E-state index contributed by atoms with van der Waals surface area (Å²) in [4.78, 5) is 24.7. The predicted octanol–water partition coefficient (Wildman–Crippen LogP) is 6.03. The lowest BCUT2D eigenvalue weighted by Gasteiger charge is -2.09. The summed E-state index contributed by atoms with van der Waals surface area (Å²) >= 11 is 0. The zero-order valence-corrected chi connectivity index (χ0v) is 18.1. The topological polar surface area (TPSA) is 94.2 Å². The number of nitrogens with one attached hydrogen (secondary N) is 3. The van der Waals surface area contributed by atoms with Crippen LogP contribution in [0.2, 0.25) is 0 Å². The van der Waals surface area contributed by atoms with Crippen molar-refractivity contribution in [2.45, 2.75) is 19.5 Å². The Morgan fingerprint density at radius 1 is 0.853 bits per heavy atom. The number of aromatic amines is 1. The van der Waals surface area contributed by atoms with E-state index in [9.17, 15) is 18.0 Å². The molecule has 0 aliphatic carbocycles. The van der Waals surface area contributed by atoms with E-state index in [2.05, 4.69) is 15.6 Å². The number of hydrogen-bond acceptors (Lipinski definition) is 3. The van der Waals surface area contributed by atoms with Gasteiger partial charge < -0.3 is 20.7 Å². The van der Waals surface area contributed by atoms with Gasteiger partial charge in [0.15, 0.2) is 0 Å². The summed E-state index contributed by atoms with van der Waals surface area (Å²) in [6.07, 6.45) is -4.74. The third-order valence-corrected chi connectivity index (χ3v) is 4.84. The number of H-pyrrole nitrogens is 1.